The van der Waals surface area contributed by atoms with Crippen molar-refractivity contribution in [1.82, 2.24) is 9.80 Å². The molecule has 2 aromatic carbocycles. The van der Waals surface area contributed by atoms with Gasteiger partial charge in [0, 0.05) is 37.2 Å². The summed E-state index contributed by atoms with van der Waals surface area (Å²) in [5.74, 6) is -1.16. The number of rotatable bonds is 4. The highest BCUT2D eigenvalue weighted by Crippen LogP contribution is 2.42. The molecule has 186 valence electrons. The molecule has 3 aliphatic rings. The third-order valence-electron chi connectivity index (χ3n) is 7.78. The molecule has 2 fully saturated rings. The van der Waals surface area contributed by atoms with Gasteiger partial charge in [-0.1, -0.05) is 30.3 Å². The minimum Gasteiger partial charge on any atom is -0.395 e. The summed E-state index contributed by atoms with van der Waals surface area (Å²) in [7, 11) is 0. The lowest BCUT2D eigenvalue weighted by molar-refractivity contribution is -0.0585. The summed E-state index contributed by atoms with van der Waals surface area (Å²) in [6.45, 7) is 1.97. The zero-order valence-corrected chi connectivity index (χ0v) is 19.9. The zero-order chi connectivity index (χ0) is 24.4. The molecule has 2 saturated heterocycles. The largest absolute Gasteiger partial charge is 0.395 e. The Labute approximate surface area is 205 Å². The van der Waals surface area contributed by atoms with Crippen molar-refractivity contribution in [1.29, 1.82) is 0 Å². The lowest BCUT2D eigenvalue weighted by Gasteiger charge is -2.57. The molecule has 35 heavy (non-hydrogen) atoms. The number of aliphatic hydroxyl groups is 1. The molecule has 3 atom stereocenters. The second-order valence-electron chi connectivity index (χ2n) is 9.89. The summed E-state index contributed by atoms with van der Waals surface area (Å²) in [5, 5.41) is 12.7. The predicted molar refractivity (Wildman–Crippen MR) is 133 cm³/mol. The van der Waals surface area contributed by atoms with Gasteiger partial charge < -0.3 is 15.3 Å². The van der Waals surface area contributed by atoms with Crippen molar-refractivity contribution in [2.45, 2.75) is 56.5 Å². The molecule has 5 nitrogen and oxygen atoms in total. The maximum Gasteiger partial charge on any atom is 0.321 e. The van der Waals surface area contributed by atoms with E-state index in [1.54, 1.807) is 4.90 Å². The van der Waals surface area contributed by atoms with Gasteiger partial charge in [-0.15, -0.1) is 0 Å². The zero-order valence-electron chi connectivity index (χ0n) is 19.9. The Balaban J connectivity index is 1.34. The number of allylic oxidation sites excluding steroid dienone is 2. The standard InChI is InChI=1S/C28H33F2N3O2/c29-22-12-13-23(30)24(16-22)31-28(35)32-14-4-5-15-33-25(17-32)27(26(33)18-34)21-10-8-20(9-11-21)19-6-2-1-3-7-19/h6,8-13,16,25-27,34H,1-5,7,14-15,17-18H2,(H,31,35)/t25-,26-,27-/m0/s1. The van der Waals surface area contributed by atoms with Crippen molar-refractivity contribution in [2.75, 3.05) is 31.6 Å². The summed E-state index contributed by atoms with van der Waals surface area (Å²) in [4.78, 5) is 17.0. The maximum atomic E-state index is 14.1. The van der Waals surface area contributed by atoms with Gasteiger partial charge in [0.15, 0.2) is 0 Å². The Bertz CT molecular complexity index is 1090. The van der Waals surface area contributed by atoms with E-state index in [0.29, 0.717) is 13.1 Å². The van der Waals surface area contributed by atoms with Crippen LogP contribution in [-0.2, 0) is 0 Å². The van der Waals surface area contributed by atoms with Crippen LogP contribution in [-0.4, -0.2) is 59.3 Å². The van der Waals surface area contributed by atoms with Crippen LogP contribution in [0.5, 0.6) is 0 Å². The van der Waals surface area contributed by atoms with E-state index in [4.69, 9.17) is 0 Å². The van der Waals surface area contributed by atoms with Crippen molar-refractivity contribution in [3.8, 4) is 0 Å². The van der Waals surface area contributed by atoms with Gasteiger partial charge >= 0.3 is 6.03 Å². The lowest BCUT2D eigenvalue weighted by Crippen LogP contribution is -2.68. The van der Waals surface area contributed by atoms with Crippen LogP contribution < -0.4 is 5.32 Å². The molecule has 2 amide bonds. The van der Waals surface area contributed by atoms with E-state index in [9.17, 15) is 18.7 Å². The molecule has 2 heterocycles. The number of hydrogen-bond acceptors (Lipinski definition) is 3. The molecule has 0 aromatic heterocycles. The van der Waals surface area contributed by atoms with Crippen molar-refractivity contribution < 1.29 is 18.7 Å². The van der Waals surface area contributed by atoms with Crippen LogP contribution in [0, 0.1) is 11.6 Å². The van der Waals surface area contributed by atoms with Crippen molar-refractivity contribution in [3.05, 3.63) is 71.3 Å². The Morgan fingerprint density at radius 2 is 1.83 bits per heavy atom. The van der Waals surface area contributed by atoms with Gasteiger partial charge in [-0.2, -0.15) is 0 Å². The molecule has 5 rings (SSSR count). The first-order chi connectivity index (χ1) is 17.0. The molecule has 0 unspecified atom stereocenters. The number of nitrogens with zero attached hydrogens (tertiary/aromatic N) is 2. The van der Waals surface area contributed by atoms with Crippen LogP contribution in [0.15, 0.2) is 48.5 Å². The van der Waals surface area contributed by atoms with E-state index in [1.807, 2.05) is 0 Å². The van der Waals surface area contributed by atoms with E-state index >= 15 is 0 Å². The topological polar surface area (TPSA) is 55.8 Å². The molecule has 2 aliphatic heterocycles. The summed E-state index contributed by atoms with van der Waals surface area (Å²) < 4.78 is 27.7. The number of halogens is 2. The minimum absolute atomic E-state index is 0.0171. The van der Waals surface area contributed by atoms with E-state index in [2.05, 4.69) is 40.6 Å². The number of aliphatic hydroxyl groups excluding tert-OH is 1. The SMILES string of the molecule is O=C(Nc1cc(F)ccc1F)N1CCCCN2[C@@H](CO)[C@@H](c3ccc(C4=CCCCC4)cc3)[C@@H]2C1. The highest BCUT2D eigenvalue weighted by molar-refractivity contribution is 5.89. The highest BCUT2D eigenvalue weighted by Gasteiger charge is 2.49. The van der Waals surface area contributed by atoms with E-state index in [1.165, 1.54) is 29.5 Å². The Morgan fingerprint density at radius 1 is 1.03 bits per heavy atom. The smallest absolute Gasteiger partial charge is 0.321 e. The van der Waals surface area contributed by atoms with Crippen LogP contribution in [0.4, 0.5) is 19.3 Å². The molecule has 0 saturated carbocycles. The van der Waals surface area contributed by atoms with Gasteiger partial charge in [0.1, 0.15) is 11.6 Å². The normalized spacial score (nSPS) is 25.1. The predicted octanol–water partition coefficient (Wildman–Crippen LogP) is 5.38. The van der Waals surface area contributed by atoms with Crippen LogP contribution >= 0.6 is 0 Å². The number of amides is 2. The Morgan fingerprint density at radius 3 is 2.57 bits per heavy atom. The van der Waals surface area contributed by atoms with Crippen LogP contribution in [0.3, 0.4) is 0 Å². The number of benzene rings is 2. The third kappa shape index (κ3) is 4.98. The highest BCUT2D eigenvalue weighted by atomic mass is 19.1. The summed E-state index contributed by atoms with van der Waals surface area (Å²) in [6.07, 6.45) is 8.81. The first-order valence-corrected chi connectivity index (χ1v) is 12.7. The molecular formula is C28H33F2N3O2. The molecule has 0 spiro atoms. The van der Waals surface area contributed by atoms with Gasteiger partial charge in [0.25, 0.3) is 0 Å². The first kappa shape index (κ1) is 23.9. The van der Waals surface area contributed by atoms with Gasteiger partial charge in [-0.25, -0.2) is 13.6 Å². The average molecular weight is 482 g/mol. The number of nitrogens with one attached hydrogen (secondary N) is 1. The van der Waals surface area contributed by atoms with Crippen molar-refractivity contribution in [3.63, 3.8) is 0 Å². The van der Waals surface area contributed by atoms with E-state index in [0.717, 1.165) is 50.4 Å². The molecule has 0 bridgehead atoms. The fourth-order valence-electron chi connectivity index (χ4n) is 5.93. The van der Waals surface area contributed by atoms with E-state index < -0.39 is 17.7 Å². The number of hydrogen-bond donors (Lipinski definition) is 2. The molecular weight excluding hydrogens is 448 g/mol. The second-order valence-corrected chi connectivity index (χ2v) is 9.89. The fraction of sp³-hybridized carbons (Fsp3) is 0.464. The second kappa shape index (κ2) is 10.5. The van der Waals surface area contributed by atoms with Gasteiger partial charge in [-0.05, 0) is 73.9 Å². The molecule has 7 heteroatoms. The van der Waals surface area contributed by atoms with Gasteiger partial charge in [-0.3, -0.25) is 4.90 Å². The number of fused-ring (bicyclic) bond motifs is 1. The average Bonchev–Trinajstić information content (AvgIpc) is 2.86. The minimum atomic E-state index is -0.663. The third-order valence-corrected chi connectivity index (χ3v) is 7.78. The molecule has 1 aliphatic carbocycles. The van der Waals surface area contributed by atoms with Gasteiger partial charge in [0.2, 0.25) is 0 Å². The van der Waals surface area contributed by atoms with Crippen LogP contribution in [0.25, 0.3) is 5.57 Å². The van der Waals surface area contributed by atoms with Crippen LogP contribution in [0.2, 0.25) is 0 Å². The quantitative estimate of drug-likeness (QED) is 0.617. The van der Waals surface area contributed by atoms with Crippen molar-refractivity contribution in [2.24, 2.45) is 0 Å². The summed E-state index contributed by atoms with van der Waals surface area (Å²) in [5.41, 5.74) is 3.69. The number of carbonyl (C=O) groups is 1. The maximum absolute atomic E-state index is 14.1. The summed E-state index contributed by atoms with van der Waals surface area (Å²) >= 11 is 0. The lowest BCUT2D eigenvalue weighted by atomic mass is 9.74. The van der Waals surface area contributed by atoms with E-state index in [-0.39, 0.29) is 30.3 Å². The van der Waals surface area contributed by atoms with Gasteiger partial charge in [0.05, 0.1) is 12.3 Å². The Kier molecular flexibility index (Phi) is 7.16. The summed E-state index contributed by atoms with van der Waals surface area (Å²) in [6, 6.07) is 11.4. The number of urea groups is 1. The molecule has 2 aromatic rings. The number of carbonyl (C=O) groups excluding carboxylic acids is 1. The molecule has 2 N–H and O–H groups in total. The monoisotopic (exact) mass is 481 g/mol. The first-order valence-electron chi connectivity index (χ1n) is 12.7. The van der Waals surface area contributed by atoms with Crippen LogP contribution in [0.1, 0.15) is 55.6 Å². The van der Waals surface area contributed by atoms with Crippen molar-refractivity contribution >= 4 is 17.3 Å². The Hall–Kier alpha value is -2.77. The fourth-order valence-corrected chi connectivity index (χ4v) is 5.93. The number of anilines is 1. The molecule has 0 radical (unpaired) electrons.